The zero-order valence-corrected chi connectivity index (χ0v) is 7.93. The lowest BCUT2D eigenvalue weighted by Gasteiger charge is -2.27. The Kier molecular flexibility index (Phi) is 2.63. The van der Waals surface area contributed by atoms with Crippen LogP contribution in [0.4, 0.5) is 10.2 Å². The molecule has 2 heterocycles. The van der Waals surface area contributed by atoms with Gasteiger partial charge in [0, 0.05) is 24.6 Å². The minimum atomic E-state index is -0.325. The van der Waals surface area contributed by atoms with Crippen molar-refractivity contribution in [3.8, 4) is 0 Å². The Morgan fingerprint density at radius 3 is 2.85 bits per heavy atom. The summed E-state index contributed by atoms with van der Waals surface area (Å²) < 4.78 is 13.2. The number of rotatable bonds is 1. The van der Waals surface area contributed by atoms with Gasteiger partial charge in [-0.25, -0.2) is 14.4 Å². The Morgan fingerprint density at radius 2 is 2.15 bits per heavy atom. The molecule has 5 heteroatoms. The first-order valence-electron chi connectivity index (χ1n) is 4.16. The summed E-state index contributed by atoms with van der Waals surface area (Å²) in [5.41, 5.74) is 0. The molecule has 0 aromatic carbocycles. The monoisotopic (exact) mass is 199 g/mol. The summed E-state index contributed by atoms with van der Waals surface area (Å²) in [5, 5.41) is 0. The highest BCUT2D eigenvalue weighted by molar-refractivity contribution is 7.99. The molecule has 1 aliphatic heterocycles. The molecule has 0 saturated carbocycles. The Labute approximate surface area is 80.4 Å². The number of thioether (sulfide) groups is 1. The maximum absolute atomic E-state index is 13.2. The van der Waals surface area contributed by atoms with Gasteiger partial charge < -0.3 is 4.90 Å². The standard InChI is InChI=1S/C8H10FN3S/c9-7-5-10-6-11-8(7)12-1-3-13-4-2-12/h5-6H,1-4H2. The summed E-state index contributed by atoms with van der Waals surface area (Å²) in [6.07, 6.45) is 2.60. The van der Waals surface area contributed by atoms with Gasteiger partial charge in [0.2, 0.25) is 0 Å². The Balaban J connectivity index is 2.18. The van der Waals surface area contributed by atoms with Crippen molar-refractivity contribution in [2.45, 2.75) is 0 Å². The van der Waals surface area contributed by atoms with Crippen molar-refractivity contribution < 1.29 is 4.39 Å². The van der Waals surface area contributed by atoms with Gasteiger partial charge in [0.05, 0.1) is 6.20 Å². The maximum atomic E-state index is 13.2. The third kappa shape index (κ3) is 1.91. The van der Waals surface area contributed by atoms with Gasteiger partial charge in [0.25, 0.3) is 0 Å². The molecule has 0 bridgehead atoms. The van der Waals surface area contributed by atoms with E-state index in [1.807, 2.05) is 16.7 Å². The molecule has 1 aromatic rings. The summed E-state index contributed by atoms with van der Waals surface area (Å²) in [7, 11) is 0. The fraction of sp³-hybridized carbons (Fsp3) is 0.500. The zero-order valence-electron chi connectivity index (χ0n) is 7.11. The minimum Gasteiger partial charge on any atom is -0.352 e. The topological polar surface area (TPSA) is 29.0 Å². The van der Waals surface area contributed by atoms with E-state index in [9.17, 15) is 4.39 Å². The molecule has 1 aliphatic rings. The molecule has 13 heavy (non-hydrogen) atoms. The number of halogens is 1. The molecule has 0 amide bonds. The Hall–Kier alpha value is -0.840. The van der Waals surface area contributed by atoms with Crippen LogP contribution in [-0.2, 0) is 0 Å². The average Bonchev–Trinajstić information content (AvgIpc) is 2.20. The molecule has 0 radical (unpaired) electrons. The number of aromatic nitrogens is 2. The zero-order chi connectivity index (χ0) is 9.10. The molecule has 70 valence electrons. The quantitative estimate of drug-likeness (QED) is 0.679. The number of anilines is 1. The van der Waals surface area contributed by atoms with Crippen LogP contribution < -0.4 is 4.90 Å². The second kappa shape index (κ2) is 3.91. The van der Waals surface area contributed by atoms with Gasteiger partial charge in [-0.15, -0.1) is 0 Å². The van der Waals surface area contributed by atoms with E-state index < -0.39 is 0 Å². The average molecular weight is 199 g/mol. The predicted octanol–water partition coefficient (Wildman–Crippen LogP) is 1.17. The maximum Gasteiger partial charge on any atom is 0.183 e. The molecule has 1 aromatic heterocycles. The summed E-state index contributed by atoms with van der Waals surface area (Å²) in [4.78, 5) is 9.52. The number of hydrogen-bond acceptors (Lipinski definition) is 4. The Morgan fingerprint density at radius 1 is 1.38 bits per heavy atom. The van der Waals surface area contributed by atoms with Gasteiger partial charge in [-0.2, -0.15) is 11.8 Å². The van der Waals surface area contributed by atoms with Crippen molar-refractivity contribution >= 4 is 17.6 Å². The van der Waals surface area contributed by atoms with E-state index in [0.717, 1.165) is 24.6 Å². The fourth-order valence-corrected chi connectivity index (χ4v) is 2.22. The molecule has 3 nitrogen and oxygen atoms in total. The molecular weight excluding hydrogens is 189 g/mol. The van der Waals surface area contributed by atoms with E-state index in [-0.39, 0.29) is 5.82 Å². The van der Waals surface area contributed by atoms with Crippen LogP contribution in [-0.4, -0.2) is 34.6 Å². The first-order chi connectivity index (χ1) is 6.38. The number of hydrogen-bond donors (Lipinski definition) is 0. The van der Waals surface area contributed by atoms with E-state index >= 15 is 0 Å². The largest absolute Gasteiger partial charge is 0.352 e. The van der Waals surface area contributed by atoms with Gasteiger partial charge >= 0.3 is 0 Å². The lowest BCUT2D eigenvalue weighted by atomic mass is 10.4. The summed E-state index contributed by atoms with van der Waals surface area (Å²) >= 11 is 1.89. The van der Waals surface area contributed by atoms with Crippen LogP contribution >= 0.6 is 11.8 Å². The first-order valence-corrected chi connectivity index (χ1v) is 5.31. The number of nitrogens with zero attached hydrogens (tertiary/aromatic N) is 3. The molecule has 1 fully saturated rings. The van der Waals surface area contributed by atoms with Gasteiger partial charge in [-0.1, -0.05) is 0 Å². The highest BCUT2D eigenvalue weighted by Crippen LogP contribution is 2.18. The van der Waals surface area contributed by atoms with Crippen LogP contribution in [0.5, 0.6) is 0 Å². The van der Waals surface area contributed by atoms with Crippen LogP contribution in [0, 0.1) is 5.82 Å². The summed E-state index contributed by atoms with van der Waals surface area (Å²) in [5.74, 6) is 2.21. The first kappa shape index (κ1) is 8.74. The third-order valence-electron chi connectivity index (χ3n) is 1.96. The van der Waals surface area contributed by atoms with Crippen molar-refractivity contribution in [3.05, 3.63) is 18.3 Å². The molecule has 0 unspecified atom stereocenters. The predicted molar refractivity (Wildman–Crippen MR) is 51.5 cm³/mol. The van der Waals surface area contributed by atoms with E-state index in [2.05, 4.69) is 9.97 Å². The summed E-state index contributed by atoms with van der Waals surface area (Å²) in [6.45, 7) is 1.75. The SMILES string of the molecule is Fc1cncnc1N1CCSCC1. The van der Waals surface area contributed by atoms with Crippen LogP contribution in [0.15, 0.2) is 12.5 Å². The van der Waals surface area contributed by atoms with Crippen molar-refractivity contribution in [2.75, 3.05) is 29.5 Å². The van der Waals surface area contributed by atoms with E-state index in [0.29, 0.717) is 5.82 Å². The highest BCUT2D eigenvalue weighted by Gasteiger charge is 2.15. The van der Waals surface area contributed by atoms with Gasteiger partial charge in [0.15, 0.2) is 11.6 Å². The molecule has 0 atom stereocenters. The van der Waals surface area contributed by atoms with Crippen LogP contribution in [0.3, 0.4) is 0 Å². The van der Waals surface area contributed by atoms with E-state index in [1.165, 1.54) is 12.5 Å². The highest BCUT2D eigenvalue weighted by atomic mass is 32.2. The summed E-state index contributed by atoms with van der Waals surface area (Å²) in [6, 6.07) is 0. The van der Waals surface area contributed by atoms with Crippen molar-refractivity contribution in [1.29, 1.82) is 0 Å². The minimum absolute atomic E-state index is 0.325. The Bertz CT molecular complexity index is 288. The molecular formula is C8H10FN3S. The van der Waals surface area contributed by atoms with E-state index in [1.54, 1.807) is 0 Å². The second-order valence-corrected chi connectivity index (χ2v) is 4.02. The second-order valence-electron chi connectivity index (χ2n) is 2.79. The lowest BCUT2D eigenvalue weighted by Crippen LogP contribution is -2.33. The third-order valence-corrected chi connectivity index (χ3v) is 2.90. The normalized spacial score (nSPS) is 17.5. The van der Waals surface area contributed by atoms with Crippen LogP contribution in [0.2, 0.25) is 0 Å². The molecule has 0 aliphatic carbocycles. The molecule has 2 rings (SSSR count). The fourth-order valence-electron chi connectivity index (χ4n) is 1.31. The van der Waals surface area contributed by atoms with E-state index in [4.69, 9.17) is 0 Å². The van der Waals surface area contributed by atoms with Gasteiger partial charge in [-0.05, 0) is 0 Å². The van der Waals surface area contributed by atoms with Crippen LogP contribution in [0.25, 0.3) is 0 Å². The lowest BCUT2D eigenvalue weighted by molar-refractivity contribution is 0.604. The van der Waals surface area contributed by atoms with Gasteiger partial charge in [-0.3, -0.25) is 0 Å². The van der Waals surface area contributed by atoms with Crippen LogP contribution in [0.1, 0.15) is 0 Å². The molecule has 0 N–H and O–H groups in total. The van der Waals surface area contributed by atoms with Gasteiger partial charge in [0.1, 0.15) is 6.33 Å². The van der Waals surface area contributed by atoms with Crippen molar-refractivity contribution in [3.63, 3.8) is 0 Å². The molecule has 0 spiro atoms. The molecule has 1 saturated heterocycles. The van der Waals surface area contributed by atoms with Crippen molar-refractivity contribution in [1.82, 2.24) is 9.97 Å². The smallest absolute Gasteiger partial charge is 0.183 e. The van der Waals surface area contributed by atoms with Crippen molar-refractivity contribution in [2.24, 2.45) is 0 Å².